The second-order valence-electron chi connectivity index (χ2n) is 7.83. The Kier molecular flexibility index (Phi) is 7.40. The van der Waals surface area contributed by atoms with E-state index in [0.29, 0.717) is 12.4 Å². The summed E-state index contributed by atoms with van der Waals surface area (Å²) in [5, 5.41) is 4.05. The Morgan fingerprint density at radius 1 is 1.21 bits per heavy atom. The van der Waals surface area contributed by atoms with Crippen LogP contribution < -0.4 is 10.2 Å². The van der Waals surface area contributed by atoms with Crippen LogP contribution in [-0.2, 0) is 21.5 Å². The van der Waals surface area contributed by atoms with E-state index in [1.807, 2.05) is 44.2 Å². The first-order valence-corrected chi connectivity index (χ1v) is 9.43. The van der Waals surface area contributed by atoms with Gasteiger partial charge in [0.05, 0.1) is 12.8 Å². The van der Waals surface area contributed by atoms with Crippen molar-refractivity contribution in [2.45, 2.75) is 46.6 Å². The molecule has 0 radical (unpaired) electrons. The molecule has 2 aromatic rings. The molecule has 0 bridgehead atoms. The van der Waals surface area contributed by atoms with Crippen LogP contribution in [0.15, 0.2) is 35.4 Å². The van der Waals surface area contributed by atoms with Gasteiger partial charge in [-0.2, -0.15) is 5.10 Å². The predicted molar refractivity (Wildman–Crippen MR) is 112 cm³/mol. The molecule has 1 heterocycles. The van der Waals surface area contributed by atoms with Crippen molar-refractivity contribution in [3.63, 3.8) is 0 Å². The van der Waals surface area contributed by atoms with Crippen LogP contribution in [0.25, 0.3) is 0 Å². The second-order valence-corrected chi connectivity index (χ2v) is 7.83. The molecular weight excluding hydrogens is 354 g/mol. The first-order valence-electron chi connectivity index (χ1n) is 9.43. The largest absolute Gasteiger partial charge is 0.484 e. The van der Waals surface area contributed by atoms with E-state index >= 15 is 0 Å². The lowest BCUT2D eigenvalue weighted by Crippen LogP contribution is -2.24. The number of aryl methyl sites for hydroxylation is 1. The van der Waals surface area contributed by atoms with Gasteiger partial charge in [-0.1, -0.05) is 32.9 Å². The highest BCUT2D eigenvalue weighted by atomic mass is 16.5. The van der Waals surface area contributed by atoms with Gasteiger partial charge in [0.2, 0.25) is 0 Å². The van der Waals surface area contributed by atoms with E-state index in [1.54, 1.807) is 13.3 Å². The molecule has 0 fully saturated rings. The first-order chi connectivity index (χ1) is 13.2. The van der Waals surface area contributed by atoms with Crippen molar-refractivity contribution in [1.82, 2.24) is 9.99 Å². The van der Waals surface area contributed by atoms with Gasteiger partial charge in [-0.05, 0) is 43.0 Å². The fourth-order valence-electron chi connectivity index (χ4n) is 2.89. The van der Waals surface area contributed by atoms with Gasteiger partial charge in [-0.15, -0.1) is 0 Å². The van der Waals surface area contributed by atoms with Crippen molar-refractivity contribution < 1.29 is 14.3 Å². The molecule has 0 aliphatic carbocycles. The number of methoxy groups -OCH3 is 1. The minimum atomic E-state index is -0.302. The Labute approximate surface area is 167 Å². The van der Waals surface area contributed by atoms with Gasteiger partial charge >= 0.3 is 0 Å². The van der Waals surface area contributed by atoms with Gasteiger partial charge in [0, 0.05) is 30.6 Å². The highest BCUT2D eigenvalue weighted by Gasteiger charge is 2.13. The zero-order valence-corrected chi connectivity index (χ0v) is 17.7. The highest BCUT2D eigenvalue weighted by Crippen LogP contribution is 2.24. The predicted octanol–water partition coefficient (Wildman–Crippen LogP) is 3.58. The van der Waals surface area contributed by atoms with E-state index in [-0.39, 0.29) is 17.9 Å². The van der Waals surface area contributed by atoms with Crippen molar-refractivity contribution >= 4 is 12.1 Å². The Balaban J connectivity index is 1.85. The number of nitrogens with zero attached hydrogens (tertiary/aromatic N) is 2. The third-order valence-corrected chi connectivity index (χ3v) is 4.61. The van der Waals surface area contributed by atoms with Gasteiger partial charge in [-0.25, -0.2) is 5.43 Å². The Morgan fingerprint density at radius 2 is 1.89 bits per heavy atom. The molecule has 0 unspecified atom stereocenters. The van der Waals surface area contributed by atoms with E-state index in [0.717, 1.165) is 23.5 Å². The third-order valence-electron chi connectivity index (χ3n) is 4.61. The summed E-state index contributed by atoms with van der Waals surface area (Å²) >= 11 is 0. The van der Waals surface area contributed by atoms with Crippen LogP contribution in [0.3, 0.4) is 0 Å². The lowest BCUT2D eigenvalue weighted by Gasteiger charge is -2.19. The Hall–Kier alpha value is -2.60. The quantitative estimate of drug-likeness (QED) is 0.558. The van der Waals surface area contributed by atoms with Crippen LogP contribution in [-0.4, -0.2) is 37.0 Å². The molecular formula is C22H31N3O3. The summed E-state index contributed by atoms with van der Waals surface area (Å²) in [6.45, 7) is 11.9. The maximum atomic E-state index is 12.0. The number of benzene rings is 1. The lowest BCUT2D eigenvalue weighted by molar-refractivity contribution is -0.123. The summed E-state index contributed by atoms with van der Waals surface area (Å²) in [4.78, 5) is 12.0. The molecule has 152 valence electrons. The number of aromatic nitrogens is 1. The normalized spacial score (nSPS) is 11.8. The fraction of sp³-hybridized carbons (Fsp3) is 0.455. The highest BCUT2D eigenvalue weighted by molar-refractivity contribution is 5.84. The summed E-state index contributed by atoms with van der Waals surface area (Å²) in [6.07, 6.45) is 1.65. The molecule has 1 aromatic carbocycles. The zero-order valence-electron chi connectivity index (χ0n) is 17.7. The van der Waals surface area contributed by atoms with E-state index in [9.17, 15) is 4.79 Å². The number of nitrogens with one attached hydrogen (secondary N) is 1. The lowest BCUT2D eigenvalue weighted by atomic mass is 9.87. The van der Waals surface area contributed by atoms with Crippen molar-refractivity contribution in [3.05, 3.63) is 52.8 Å². The maximum absolute atomic E-state index is 12.0. The van der Waals surface area contributed by atoms with E-state index in [1.165, 1.54) is 5.56 Å². The molecule has 28 heavy (non-hydrogen) atoms. The SMILES string of the molecule is COCCn1c(C)cc(/C=N\NC(=O)COc2ccc(C(C)(C)C)cc2)c1C. The molecule has 0 spiro atoms. The summed E-state index contributed by atoms with van der Waals surface area (Å²) in [6, 6.07) is 9.83. The van der Waals surface area contributed by atoms with Gasteiger partial charge in [-0.3, -0.25) is 4.79 Å². The molecule has 1 amide bonds. The molecule has 2 rings (SSSR count). The van der Waals surface area contributed by atoms with Crippen LogP contribution in [0.2, 0.25) is 0 Å². The number of ether oxygens (including phenoxy) is 2. The van der Waals surface area contributed by atoms with E-state index in [4.69, 9.17) is 9.47 Å². The van der Waals surface area contributed by atoms with Crippen LogP contribution in [0.5, 0.6) is 5.75 Å². The third kappa shape index (κ3) is 5.96. The average Bonchev–Trinajstić information content (AvgIpc) is 2.91. The van der Waals surface area contributed by atoms with Gasteiger partial charge in [0.1, 0.15) is 5.75 Å². The molecule has 0 aliphatic rings. The molecule has 0 atom stereocenters. The van der Waals surface area contributed by atoms with Crippen LogP contribution in [0, 0.1) is 13.8 Å². The standard InChI is InChI=1S/C22H31N3O3/c1-16-13-18(17(2)25(16)11-12-27-6)14-23-24-21(26)15-28-20-9-7-19(8-10-20)22(3,4)5/h7-10,13-14H,11-12,15H2,1-6H3,(H,24,26)/b23-14-. The van der Waals surface area contributed by atoms with E-state index in [2.05, 4.69) is 35.9 Å². The topological polar surface area (TPSA) is 64.8 Å². The summed E-state index contributed by atoms with van der Waals surface area (Å²) in [7, 11) is 1.69. The first kappa shape index (κ1) is 21.7. The molecule has 1 N–H and O–H groups in total. The second kappa shape index (κ2) is 9.55. The number of hydrazone groups is 1. The Morgan fingerprint density at radius 3 is 2.50 bits per heavy atom. The van der Waals surface area contributed by atoms with Gasteiger partial charge in [0.15, 0.2) is 6.61 Å². The average molecular weight is 386 g/mol. The van der Waals surface area contributed by atoms with Gasteiger partial charge < -0.3 is 14.0 Å². The summed E-state index contributed by atoms with van der Waals surface area (Å²) in [5.74, 6) is 0.359. The zero-order chi connectivity index (χ0) is 20.7. The molecule has 1 aromatic heterocycles. The van der Waals surface area contributed by atoms with Crippen molar-refractivity contribution in [2.75, 3.05) is 20.3 Å². The van der Waals surface area contributed by atoms with Crippen LogP contribution >= 0.6 is 0 Å². The minimum absolute atomic E-state index is 0.0843. The number of rotatable bonds is 8. The van der Waals surface area contributed by atoms with Crippen molar-refractivity contribution in [2.24, 2.45) is 5.10 Å². The fourth-order valence-corrected chi connectivity index (χ4v) is 2.89. The number of hydrogen-bond donors (Lipinski definition) is 1. The Bertz CT molecular complexity index is 815. The number of amides is 1. The van der Waals surface area contributed by atoms with Crippen molar-refractivity contribution in [3.8, 4) is 5.75 Å². The molecule has 0 saturated carbocycles. The minimum Gasteiger partial charge on any atom is -0.484 e. The smallest absolute Gasteiger partial charge is 0.277 e. The van der Waals surface area contributed by atoms with Crippen LogP contribution in [0.1, 0.15) is 43.3 Å². The monoisotopic (exact) mass is 385 g/mol. The van der Waals surface area contributed by atoms with E-state index < -0.39 is 0 Å². The van der Waals surface area contributed by atoms with Crippen LogP contribution in [0.4, 0.5) is 0 Å². The number of carbonyl (C=O) groups excluding carboxylic acids is 1. The summed E-state index contributed by atoms with van der Waals surface area (Å²) in [5.41, 5.74) is 6.99. The molecule has 6 nitrogen and oxygen atoms in total. The number of carbonyl (C=O) groups is 1. The molecule has 0 saturated heterocycles. The van der Waals surface area contributed by atoms with Crippen molar-refractivity contribution in [1.29, 1.82) is 0 Å². The number of hydrogen-bond acceptors (Lipinski definition) is 4. The summed E-state index contributed by atoms with van der Waals surface area (Å²) < 4.78 is 12.8. The maximum Gasteiger partial charge on any atom is 0.277 e. The molecule has 0 aliphatic heterocycles. The van der Waals surface area contributed by atoms with Gasteiger partial charge in [0.25, 0.3) is 5.91 Å². The molecule has 6 heteroatoms.